The van der Waals surface area contributed by atoms with Crippen molar-refractivity contribution in [2.45, 2.75) is 71.2 Å². The number of hydrogen-bond acceptors (Lipinski definition) is 12. The van der Waals surface area contributed by atoms with Gasteiger partial charge in [-0.05, 0) is 94.8 Å². The first-order valence-corrected chi connectivity index (χ1v) is 29.2. The van der Waals surface area contributed by atoms with E-state index in [0.29, 0.717) is 86.9 Å². The summed E-state index contributed by atoms with van der Waals surface area (Å²) in [5.41, 5.74) is 11.9. The second kappa shape index (κ2) is 26.1. The second-order valence-corrected chi connectivity index (χ2v) is 23.3. The Labute approximate surface area is 512 Å². The van der Waals surface area contributed by atoms with Crippen LogP contribution in [-0.4, -0.2) is 74.3 Å². The van der Waals surface area contributed by atoms with Crippen molar-refractivity contribution in [2.75, 3.05) is 26.2 Å². The summed E-state index contributed by atoms with van der Waals surface area (Å²) < 4.78 is 26.2. The fourth-order valence-corrected chi connectivity index (χ4v) is 12.6. The molecule has 6 aromatic carbocycles. The second-order valence-electron chi connectivity index (χ2n) is 21.7. The van der Waals surface area contributed by atoms with Crippen LogP contribution in [0.4, 0.5) is 0 Å². The highest BCUT2D eigenvalue weighted by molar-refractivity contribution is 6.33. The Bertz CT molecular complexity index is 3910. The van der Waals surface area contributed by atoms with Gasteiger partial charge in [-0.1, -0.05) is 119 Å². The first kappa shape index (κ1) is 58.8. The van der Waals surface area contributed by atoms with Gasteiger partial charge >= 0.3 is 11.9 Å². The van der Waals surface area contributed by atoms with Gasteiger partial charge in [0.05, 0.1) is 27.4 Å². The van der Waals surface area contributed by atoms with Gasteiger partial charge in [0.25, 0.3) is 0 Å². The molecule has 2 saturated heterocycles. The molecule has 5 heterocycles. The average molecular weight is 1220 g/mol. The van der Waals surface area contributed by atoms with Crippen LogP contribution in [0, 0.1) is 37.0 Å². The van der Waals surface area contributed by atoms with Gasteiger partial charge in [-0.25, -0.2) is 0 Å². The van der Waals surface area contributed by atoms with Crippen molar-refractivity contribution in [3.05, 3.63) is 233 Å². The van der Waals surface area contributed by atoms with Crippen molar-refractivity contribution < 1.29 is 38.7 Å². The smallest absolute Gasteiger partial charge is 0.308 e. The van der Waals surface area contributed by atoms with Crippen molar-refractivity contribution in [1.29, 1.82) is 5.26 Å². The number of carbonyl (C=O) groups is 2. The largest absolute Gasteiger partial charge is 0.488 e. The van der Waals surface area contributed by atoms with E-state index in [1.54, 1.807) is 48.9 Å². The lowest BCUT2D eigenvalue weighted by molar-refractivity contribution is -0.142. The third-order valence-corrected chi connectivity index (χ3v) is 17.4. The summed E-state index contributed by atoms with van der Waals surface area (Å²) in [5, 5.41) is 32.0. The maximum absolute atomic E-state index is 12.6. The Morgan fingerprint density at radius 3 is 1.46 bits per heavy atom. The Morgan fingerprint density at radius 1 is 0.541 bits per heavy atom. The zero-order valence-corrected chi connectivity index (χ0v) is 49.5. The van der Waals surface area contributed by atoms with Gasteiger partial charge in [-0.2, -0.15) is 5.26 Å². The molecule has 85 heavy (non-hydrogen) atoms. The number of pyridine rings is 2. The van der Waals surface area contributed by atoms with Crippen LogP contribution in [0.25, 0.3) is 11.1 Å². The van der Waals surface area contributed by atoms with Gasteiger partial charge in [0.1, 0.15) is 61.5 Å². The maximum atomic E-state index is 12.6. The van der Waals surface area contributed by atoms with Crippen molar-refractivity contribution in [2.24, 2.45) is 16.8 Å². The number of carboxylic acid groups (broad SMARTS) is 2. The number of aromatic nitrogens is 2. The lowest BCUT2D eigenvalue weighted by Gasteiger charge is -2.21. The minimum absolute atomic E-state index is 0.0318. The molecule has 11 rings (SSSR count). The highest BCUT2D eigenvalue weighted by atomic mass is 35.5. The number of nitrogens with zero attached hydrogens (tertiary/aromatic N) is 6. The van der Waals surface area contributed by atoms with E-state index in [0.717, 1.165) is 66.8 Å². The summed E-state index contributed by atoms with van der Waals surface area (Å²) in [7, 11) is 0. The fraction of sp³-hybridized carbons (Fsp3) is 0.254. The molecule has 0 amide bonds. The number of rotatable bonds is 22. The SMILES string of the molecule is Cc1c(COc2cc(OCc3cncc(C#N)c3)c(CN3CC(C(=O)O)C(c4ccccc4Cl)C3)cc2Cl)cccc1-c1cccc(COc2cc(OCc3cncc(C4C=N4)c3)c(CN3CC(C(=O)O)C(c4ccccc4Cl)C3)cc2Cl)c1C. The van der Waals surface area contributed by atoms with E-state index in [1.165, 1.54) is 6.20 Å². The summed E-state index contributed by atoms with van der Waals surface area (Å²) in [6.07, 6.45) is 8.56. The molecule has 5 atom stereocenters. The van der Waals surface area contributed by atoms with Crippen LogP contribution >= 0.6 is 46.4 Å². The van der Waals surface area contributed by atoms with E-state index in [-0.39, 0.29) is 50.8 Å². The number of halogens is 4. The lowest BCUT2D eigenvalue weighted by atomic mass is 9.89. The number of aliphatic imine (C=N–C) groups is 1. The Morgan fingerprint density at radius 2 is 1.00 bits per heavy atom. The number of ether oxygens (including phenoxy) is 4. The molecule has 2 N–H and O–H groups in total. The monoisotopic (exact) mass is 1210 g/mol. The molecule has 2 fully saturated rings. The normalized spacial score (nSPS) is 18.2. The van der Waals surface area contributed by atoms with Gasteiger partial charge in [-0.3, -0.25) is 34.3 Å². The van der Waals surface area contributed by atoms with Gasteiger partial charge in [0.2, 0.25) is 0 Å². The number of hydrogen-bond donors (Lipinski definition) is 2. The van der Waals surface area contributed by atoms with E-state index in [1.807, 2.05) is 85.1 Å². The van der Waals surface area contributed by atoms with Crippen LogP contribution in [-0.2, 0) is 49.1 Å². The molecular formula is C67H58Cl4N6O8. The molecule has 2 aromatic heterocycles. The molecular weight excluding hydrogens is 1160 g/mol. The summed E-state index contributed by atoms with van der Waals surface area (Å²) >= 11 is 27.4. The quantitative estimate of drug-likeness (QED) is 0.0655. The molecule has 0 saturated carbocycles. The Kier molecular flexibility index (Phi) is 18.0. The summed E-state index contributed by atoms with van der Waals surface area (Å²) in [5.74, 6) is -1.91. The van der Waals surface area contributed by atoms with Gasteiger partial charge in [0.15, 0.2) is 0 Å². The molecule has 432 valence electrons. The summed E-state index contributed by atoms with van der Waals surface area (Å²) in [6, 6.07) is 40.1. The summed E-state index contributed by atoms with van der Waals surface area (Å²) in [6.45, 7) is 7.04. The number of benzene rings is 6. The van der Waals surface area contributed by atoms with E-state index < -0.39 is 23.8 Å². The third-order valence-electron chi connectivity index (χ3n) is 16.2. The molecule has 0 radical (unpaired) electrons. The number of nitriles is 1. The predicted octanol–water partition coefficient (Wildman–Crippen LogP) is 14.3. The molecule has 0 spiro atoms. The van der Waals surface area contributed by atoms with E-state index in [2.05, 4.69) is 56.8 Å². The number of aliphatic carboxylic acids is 2. The minimum Gasteiger partial charge on any atom is -0.488 e. The van der Waals surface area contributed by atoms with Gasteiger partial charge < -0.3 is 29.2 Å². The van der Waals surface area contributed by atoms with Crippen LogP contribution < -0.4 is 18.9 Å². The first-order chi connectivity index (χ1) is 41.2. The zero-order chi connectivity index (χ0) is 59.3. The topological polar surface area (TPSA) is 180 Å². The van der Waals surface area contributed by atoms with Crippen LogP contribution in [0.15, 0.2) is 151 Å². The van der Waals surface area contributed by atoms with Crippen LogP contribution in [0.1, 0.15) is 84.6 Å². The molecule has 3 aliphatic rings. The highest BCUT2D eigenvalue weighted by Gasteiger charge is 2.41. The maximum Gasteiger partial charge on any atom is 0.308 e. The van der Waals surface area contributed by atoms with Gasteiger partial charge in [0, 0.05) is 132 Å². The molecule has 0 aliphatic carbocycles. The minimum atomic E-state index is -0.896. The Hall–Kier alpha value is -8.00. The number of likely N-dealkylation sites (tertiary alicyclic amines) is 2. The Balaban J connectivity index is 0.812. The van der Waals surface area contributed by atoms with Crippen molar-refractivity contribution in [1.82, 2.24) is 19.8 Å². The average Bonchev–Trinajstić information content (AvgIpc) is 4.40. The van der Waals surface area contributed by atoms with Crippen LogP contribution in [0.5, 0.6) is 23.0 Å². The number of carboxylic acids is 2. The first-order valence-electron chi connectivity index (χ1n) is 27.7. The van der Waals surface area contributed by atoms with Crippen molar-refractivity contribution in [3.63, 3.8) is 0 Å². The van der Waals surface area contributed by atoms with Crippen molar-refractivity contribution >= 4 is 64.6 Å². The lowest BCUT2D eigenvalue weighted by Crippen LogP contribution is -2.23. The molecule has 14 nitrogen and oxygen atoms in total. The van der Waals surface area contributed by atoms with Crippen molar-refractivity contribution in [3.8, 4) is 40.2 Å². The molecule has 5 unspecified atom stereocenters. The molecule has 18 heteroatoms. The predicted molar refractivity (Wildman–Crippen MR) is 327 cm³/mol. The molecule has 3 aliphatic heterocycles. The van der Waals surface area contributed by atoms with E-state index in [9.17, 15) is 25.1 Å². The standard InChI is InChI=1S/C67H58Cl4N6O8/c1-39-44(37-84-64-21-62(82-35-42-17-41(23-72)24-73-25-42)47(19-59(64)70)29-76-31-53(55(33-76)66(78)79)51-11-3-5-15-57(51)68)9-7-13-49(39)50-14-8-10-45(40(50)2)38-85-65-22-63(83-36-43-18-46(27-74-26-43)61-28-75-61)48(20-60(65)71)30-77-32-54(56(34-77)67(80)81)52-12-4-6-16-58(52)69/h3-22,24-28,53-56,61H,29-38H2,1-2H3,(H,78,79)(H,80,81). The van der Waals surface area contributed by atoms with Crippen LogP contribution in [0.3, 0.4) is 0 Å². The van der Waals surface area contributed by atoms with Crippen LogP contribution in [0.2, 0.25) is 20.1 Å². The molecule has 8 aromatic rings. The highest BCUT2D eigenvalue weighted by Crippen LogP contribution is 2.43. The van der Waals surface area contributed by atoms with Gasteiger partial charge in [-0.15, -0.1) is 0 Å². The molecule has 0 bridgehead atoms. The summed E-state index contributed by atoms with van der Waals surface area (Å²) in [4.78, 5) is 42.3. The fourth-order valence-electron chi connectivity index (χ4n) is 11.6. The van der Waals surface area contributed by atoms with E-state index >= 15 is 0 Å². The van der Waals surface area contributed by atoms with E-state index in [4.69, 9.17) is 65.4 Å². The zero-order valence-electron chi connectivity index (χ0n) is 46.4. The third kappa shape index (κ3) is 13.6.